The number of nitrogens with one attached hydrogen (secondary N) is 3. The summed E-state index contributed by atoms with van der Waals surface area (Å²) < 4.78 is 15.9. The van der Waals surface area contributed by atoms with Crippen molar-refractivity contribution in [2.24, 2.45) is 5.92 Å². The number of hydrogen-bond donors (Lipinski definition) is 4. The predicted molar refractivity (Wildman–Crippen MR) is 171 cm³/mol. The minimum atomic E-state index is -0.657. The smallest absolute Gasteiger partial charge is 0.259 e. The van der Waals surface area contributed by atoms with Gasteiger partial charge in [0.25, 0.3) is 5.91 Å². The number of rotatable bonds is 10. The summed E-state index contributed by atoms with van der Waals surface area (Å²) in [5.41, 5.74) is 4.84. The van der Waals surface area contributed by atoms with Crippen LogP contribution in [-0.4, -0.2) is 48.4 Å². The maximum Gasteiger partial charge on any atom is 0.259 e. The molecule has 2 aromatic carbocycles. The van der Waals surface area contributed by atoms with Crippen molar-refractivity contribution >= 4 is 23.5 Å². The highest BCUT2D eigenvalue weighted by Gasteiger charge is 2.31. The van der Waals surface area contributed by atoms with Crippen LogP contribution in [0, 0.1) is 16.7 Å². The Morgan fingerprint density at radius 2 is 1.88 bits per heavy atom. The first kappa shape index (κ1) is 35.1. The summed E-state index contributed by atoms with van der Waals surface area (Å²) in [7, 11) is 0. The lowest BCUT2D eigenvalue weighted by Gasteiger charge is -2.32. The second-order valence-corrected chi connectivity index (χ2v) is 10.9. The molecule has 2 aliphatic heterocycles. The van der Waals surface area contributed by atoms with Crippen molar-refractivity contribution in [3.8, 4) is 5.75 Å². The number of fused-ring (bicyclic) bond motifs is 1. The first-order valence-electron chi connectivity index (χ1n) is 15.5. The summed E-state index contributed by atoms with van der Waals surface area (Å²) in [6.45, 7) is 11.7. The number of ether oxygens (including phenoxy) is 1. The van der Waals surface area contributed by atoms with E-state index in [1.54, 1.807) is 17.9 Å². The summed E-state index contributed by atoms with van der Waals surface area (Å²) in [5.74, 6) is 0.872. The van der Waals surface area contributed by atoms with Crippen LogP contribution in [0.2, 0.25) is 0 Å². The third-order valence-corrected chi connectivity index (χ3v) is 7.63. The van der Waals surface area contributed by atoms with E-state index < -0.39 is 6.17 Å². The fourth-order valence-electron chi connectivity index (χ4n) is 4.91. The second kappa shape index (κ2) is 18.4. The minimum Gasteiger partial charge on any atom is -0.508 e. The molecular formula is C34H51FN4O3. The van der Waals surface area contributed by atoms with Crippen LogP contribution in [0.3, 0.4) is 0 Å². The molecule has 1 saturated carbocycles. The molecule has 5 rings (SSSR count). The minimum absolute atomic E-state index is 0.0672. The number of amides is 1. The average Bonchev–Trinajstić information content (AvgIpc) is 3.27. The van der Waals surface area contributed by atoms with E-state index in [-0.39, 0.29) is 11.7 Å². The number of phenols is 1. The summed E-state index contributed by atoms with van der Waals surface area (Å²) in [5, 5.41) is 28.5. The SMILES string of the molecule is CC.CC=N.CCCCC(=N)Cc1cccc(N2Cc3c(O)cc(CNC(C)C4CCC4)cc3C2=O)c1.FC1COC1. The Kier molecular flexibility index (Phi) is 15.4. The predicted octanol–water partition coefficient (Wildman–Crippen LogP) is 7.62. The lowest BCUT2D eigenvalue weighted by Crippen LogP contribution is -2.36. The summed E-state index contributed by atoms with van der Waals surface area (Å²) in [6.07, 6.45) is 8.04. The van der Waals surface area contributed by atoms with Crippen LogP contribution in [0.1, 0.15) is 100 Å². The highest BCUT2D eigenvalue weighted by Crippen LogP contribution is 2.35. The van der Waals surface area contributed by atoms with Crippen molar-refractivity contribution in [2.75, 3.05) is 18.1 Å². The number of carbonyl (C=O) groups excluding carboxylic acids is 1. The van der Waals surface area contributed by atoms with Gasteiger partial charge in [-0.2, -0.15) is 0 Å². The number of carbonyl (C=O) groups is 1. The van der Waals surface area contributed by atoms with E-state index in [4.69, 9.17) is 10.8 Å². The molecule has 1 atom stereocenters. The Bertz CT molecular complexity index is 1150. The maximum atomic E-state index is 13.2. The van der Waals surface area contributed by atoms with E-state index in [9.17, 15) is 14.3 Å². The third-order valence-electron chi connectivity index (χ3n) is 7.63. The molecule has 3 aliphatic rings. The van der Waals surface area contributed by atoms with Gasteiger partial charge in [-0.05, 0) is 87.1 Å². The van der Waals surface area contributed by atoms with Gasteiger partial charge < -0.3 is 30.9 Å². The van der Waals surface area contributed by atoms with Crippen molar-refractivity contribution < 1.29 is 19.0 Å². The summed E-state index contributed by atoms with van der Waals surface area (Å²) >= 11 is 0. The van der Waals surface area contributed by atoms with Gasteiger partial charge in [-0.25, -0.2) is 4.39 Å². The fraction of sp³-hybridized carbons (Fsp3) is 0.559. The van der Waals surface area contributed by atoms with Crippen LogP contribution in [0.25, 0.3) is 0 Å². The Morgan fingerprint density at radius 3 is 2.43 bits per heavy atom. The van der Waals surface area contributed by atoms with Crippen molar-refractivity contribution in [2.45, 2.75) is 105 Å². The Balaban J connectivity index is 0.000000532. The normalized spacial score (nSPS) is 16.2. The van der Waals surface area contributed by atoms with Crippen molar-refractivity contribution in [3.63, 3.8) is 0 Å². The van der Waals surface area contributed by atoms with E-state index in [0.717, 1.165) is 47.7 Å². The monoisotopic (exact) mass is 582 g/mol. The number of anilines is 1. The first-order chi connectivity index (χ1) is 20.3. The molecule has 2 aromatic rings. The Morgan fingerprint density at radius 1 is 1.21 bits per heavy atom. The first-order valence-corrected chi connectivity index (χ1v) is 15.5. The van der Waals surface area contributed by atoms with E-state index in [1.807, 2.05) is 44.2 Å². The molecule has 2 heterocycles. The molecule has 0 spiro atoms. The number of hydrogen-bond acceptors (Lipinski definition) is 6. The molecule has 1 amide bonds. The van der Waals surface area contributed by atoms with Crippen LogP contribution in [0.5, 0.6) is 5.75 Å². The van der Waals surface area contributed by atoms with Gasteiger partial charge in [-0.3, -0.25) is 4.79 Å². The van der Waals surface area contributed by atoms with E-state index in [2.05, 4.69) is 23.9 Å². The van der Waals surface area contributed by atoms with E-state index >= 15 is 0 Å². The molecule has 4 N–H and O–H groups in total. The van der Waals surface area contributed by atoms with Gasteiger partial charge >= 0.3 is 0 Å². The lowest BCUT2D eigenvalue weighted by molar-refractivity contribution is -0.0497. The van der Waals surface area contributed by atoms with Gasteiger partial charge in [0.1, 0.15) is 11.9 Å². The average molecular weight is 583 g/mol. The number of alkyl halides is 1. The Hall–Kier alpha value is -3.10. The number of aromatic hydroxyl groups is 1. The molecule has 7 nitrogen and oxygen atoms in total. The lowest BCUT2D eigenvalue weighted by atomic mass is 9.80. The zero-order chi connectivity index (χ0) is 31.1. The molecular weight excluding hydrogens is 531 g/mol. The standard InChI is InChI=1S/C27H35N3O2.C3H5FO.C2H5N.C2H6/c1-3-4-10-22(28)12-19-7-5-11-23(13-19)30-17-25-24(27(30)32)14-20(15-26(25)31)16-29-18(2)21-8-6-9-21;4-3-1-5-2-3;1-2-3;1-2/h5,7,11,13-15,18,21,28-29,31H,3-4,6,8-10,12,16-17H2,1-2H3;3H,1-2H2;2-3H,1H3;1-2H3. The molecule has 42 heavy (non-hydrogen) atoms. The molecule has 0 bridgehead atoms. The number of halogens is 1. The van der Waals surface area contributed by atoms with Crippen LogP contribution in [-0.2, 0) is 24.2 Å². The number of phenolic OH excluding ortho intramolecular Hbond substituents is 1. The quantitative estimate of drug-likeness (QED) is 0.216. The van der Waals surface area contributed by atoms with Crippen LogP contribution >= 0.6 is 0 Å². The fourth-order valence-corrected chi connectivity index (χ4v) is 4.91. The zero-order valence-corrected chi connectivity index (χ0v) is 26.1. The van der Waals surface area contributed by atoms with Crippen molar-refractivity contribution in [1.29, 1.82) is 10.8 Å². The molecule has 1 saturated heterocycles. The zero-order valence-electron chi connectivity index (χ0n) is 26.1. The highest BCUT2D eigenvalue weighted by atomic mass is 19.1. The molecule has 8 heteroatoms. The molecule has 232 valence electrons. The number of benzene rings is 2. The van der Waals surface area contributed by atoms with Crippen molar-refractivity contribution in [3.05, 3.63) is 58.7 Å². The van der Waals surface area contributed by atoms with Gasteiger partial charge in [0.2, 0.25) is 0 Å². The van der Waals surface area contributed by atoms with Crippen LogP contribution in [0.4, 0.5) is 10.1 Å². The molecule has 2 fully saturated rings. The molecule has 1 aliphatic carbocycles. The summed E-state index contributed by atoms with van der Waals surface area (Å²) in [4.78, 5) is 15.0. The van der Waals surface area contributed by atoms with Gasteiger partial charge in [0.15, 0.2) is 0 Å². The molecule has 1 unspecified atom stereocenters. The second-order valence-electron chi connectivity index (χ2n) is 10.9. The van der Waals surface area contributed by atoms with Gasteiger partial charge in [0, 0.05) is 41.5 Å². The number of unbranched alkanes of at least 4 members (excludes halogenated alkanes) is 1. The van der Waals surface area contributed by atoms with Crippen molar-refractivity contribution in [1.82, 2.24) is 5.32 Å². The summed E-state index contributed by atoms with van der Waals surface area (Å²) in [6, 6.07) is 12.1. The third kappa shape index (κ3) is 10.3. The van der Waals surface area contributed by atoms with E-state index in [0.29, 0.717) is 49.9 Å². The van der Waals surface area contributed by atoms with Gasteiger partial charge in [-0.15, -0.1) is 0 Å². The maximum absolute atomic E-state index is 13.2. The number of nitrogens with zero attached hydrogens (tertiary/aromatic N) is 1. The molecule has 0 radical (unpaired) electrons. The largest absolute Gasteiger partial charge is 0.508 e. The van der Waals surface area contributed by atoms with Gasteiger partial charge in [0.05, 0.1) is 19.8 Å². The van der Waals surface area contributed by atoms with Gasteiger partial charge in [-0.1, -0.05) is 45.7 Å². The molecule has 0 aromatic heterocycles. The van der Waals surface area contributed by atoms with Crippen LogP contribution < -0.4 is 10.2 Å². The van der Waals surface area contributed by atoms with Crippen LogP contribution in [0.15, 0.2) is 36.4 Å². The van der Waals surface area contributed by atoms with E-state index in [1.165, 1.54) is 25.5 Å². The Labute approximate surface area is 251 Å². The topological polar surface area (TPSA) is 110 Å². The highest BCUT2D eigenvalue weighted by molar-refractivity contribution is 6.10.